The van der Waals surface area contributed by atoms with Crippen LogP contribution < -0.4 is 5.32 Å². The van der Waals surface area contributed by atoms with E-state index in [-0.39, 0.29) is 11.9 Å². The minimum absolute atomic E-state index is 0.0989. The lowest BCUT2D eigenvalue weighted by molar-refractivity contribution is -0.121. The number of amides is 1. The molecule has 2 atom stereocenters. The number of carbonyl (C=O) groups is 1. The number of alkyl halides is 1. The maximum absolute atomic E-state index is 11.9. The van der Waals surface area contributed by atoms with Crippen LogP contribution >= 0.6 is 11.6 Å². The van der Waals surface area contributed by atoms with E-state index in [1.54, 1.807) is 0 Å². The molecule has 3 heteroatoms. The summed E-state index contributed by atoms with van der Waals surface area (Å²) in [5.74, 6) is -0.0989. The lowest BCUT2D eigenvalue weighted by Gasteiger charge is -2.21. The first-order valence-corrected chi connectivity index (χ1v) is 6.35. The molecule has 0 radical (unpaired) electrons. The normalized spacial score (nSPS) is 20.9. The summed E-state index contributed by atoms with van der Waals surface area (Å²) < 4.78 is 0. The average Bonchev–Trinajstić information content (AvgIpc) is 2.40. The second-order valence-electron chi connectivity index (χ2n) is 4.26. The molecule has 0 bridgehead atoms. The van der Waals surface area contributed by atoms with Gasteiger partial charge in [-0.2, -0.15) is 0 Å². The van der Waals surface area contributed by atoms with Crippen LogP contribution in [-0.4, -0.2) is 11.9 Å². The van der Waals surface area contributed by atoms with Crippen LogP contribution in [0.15, 0.2) is 42.5 Å². The number of rotatable bonds is 3. The van der Waals surface area contributed by atoms with Crippen LogP contribution in [-0.2, 0) is 4.79 Å². The summed E-state index contributed by atoms with van der Waals surface area (Å²) in [6.45, 7) is 0. The molecule has 0 saturated carbocycles. The summed E-state index contributed by atoms with van der Waals surface area (Å²) in [6, 6.07) is 9.67. The number of carbonyl (C=O) groups excluding carboxylic acids is 1. The molecule has 1 N–H and O–H groups in total. The van der Waals surface area contributed by atoms with Crippen LogP contribution in [0.1, 0.15) is 30.2 Å². The van der Waals surface area contributed by atoms with E-state index in [9.17, 15) is 4.79 Å². The molecule has 2 nitrogen and oxygen atoms in total. The highest BCUT2D eigenvalue weighted by Gasteiger charge is 2.20. The van der Waals surface area contributed by atoms with Crippen LogP contribution in [0.25, 0.3) is 0 Å². The maximum atomic E-state index is 11.9. The van der Waals surface area contributed by atoms with Crippen LogP contribution in [0.3, 0.4) is 0 Å². The molecular formula is C14H16ClNO. The van der Waals surface area contributed by atoms with Crippen molar-refractivity contribution in [1.82, 2.24) is 5.32 Å². The SMILES string of the molecule is O=C(NC1CC=CCC1)C(Cl)c1ccccc1. The number of nitrogens with one attached hydrogen (secondary N) is 1. The molecular weight excluding hydrogens is 234 g/mol. The van der Waals surface area contributed by atoms with Gasteiger partial charge in [-0.15, -0.1) is 11.6 Å². The highest BCUT2D eigenvalue weighted by Crippen LogP contribution is 2.21. The van der Waals surface area contributed by atoms with Crippen molar-refractivity contribution in [2.75, 3.05) is 0 Å². The highest BCUT2D eigenvalue weighted by atomic mass is 35.5. The van der Waals surface area contributed by atoms with Crippen molar-refractivity contribution in [3.63, 3.8) is 0 Å². The second-order valence-corrected chi connectivity index (χ2v) is 4.70. The van der Waals surface area contributed by atoms with Crippen LogP contribution in [0.4, 0.5) is 0 Å². The van der Waals surface area contributed by atoms with Crippen molar-refractivity contribution < 1.29 is 4.79 Å². The molecule has 0 fully saturated rings. The monoisotopic (exact) mass is 249 g/mol. The van der Waals surface area contributed by atoms with Gasteiger partial charge < -0.3 is 5.32 Å². The Hall–Kier alpha value is -1.28. The fourth-order valence-electron chi connectivity index (χ4n) is 1.97. The predicted molar refractivity (Wildman–Crippen MR) is 70.0 cm³/mol. The second kappa shape index (κ2) is 5.87. The maximum Gasteiger partial charge on any atom is 0.242 e. The molecule has 1 aromatic carbocycles. The van der Waals surface area contributed by atoms with E-state index in [1.165, 1.54) is 0 Å². The van der Waals surface area contributed by atoms with Gasteiger partial charge in [0.05, 0.1) is 0 Å². The molecule has 2 rings (SSSR count). The Bertz CT molecular complexity index is 402. The third kappa shape index (κ3) is 3.34. The number of allylic oxidation sites excluding steroid dienone is 1. The van der Waals surface area contributed by atoms with E-state index >= 15 is 0 Å². The van der Waals surface area contributed by atoms with Crippen molar-refractivity contribution in [2.45, 2.75) is 30.7 Å². The molecule has 1 aromatic rings. The Labute approximate surface area is 107 Å². The largest absolute Gasteiger partial charge is 0.351 e. The van der Waals surface area contributed by atoms with Crippen molar-refractivity contribution >= 4 is 17.5 Å². The van der Waals surface area contributed by atoms with Crippen molar-refractivity contribution in [3.8, 4) is 0 Å². The Balaban J connectivity index is 1.93. The van der Waals surface area contributed by atoms with Gasteiger partial charge in [-0.05, 0) is 24.8 Å². The zero-order chi connectivity index (χ0) is 12.1. The molecule has 0 heterocycles. The number of hydrogen-bond donors (Lipinski definition) is 1. The molecule has 1 aliphatic carbocycles. The van der Waals surface area contributed by atoms with Crippen molar-refractivity contribution in [3.05, 3.63) is 48.0 Å². The Morgan fingerprint density at radius 2 is 2.06 bits per heavy atom. The van der Waals surface area contributed by atoms with E-state index in [1.807, 2.05) is 30.3 Å². The third-order valence-electron chi connectivity index (χ3n) is 2.94. The summed E-state index contributed by atoms with van der Waals surface area (Å²) in [7, 11) is 0. The average molecular weight is 250 g/mol. The predicted octanol–water partition coefficient (Wildman–Crippen LogP) is 3.19. The number of benzene rings is 1. The van der Waals surface area contributed by atoms with Gasteiger partial charge >= 0.3 is 0 Å². The topological polar surface area (TPSA) is 29.1 Å². The standard InChI is InChI=1S/C14H16ClNO/c15-13(11-7-3-1-4-8-11)14(17)16-12-9-5-2-6-10-12/h1-5,7-8,12-13H,6,9-10H2,(H,16,17). The van der Waals surface area contributed by atoms with Crippen molar-refractivity contribution in [1.29, 1.82) is 0 Å². The summed E-state index contributed by atoms with van der Waals surface area (Å²) in [5.41, 5.74) is 0.845. The van der Waals surface area contributed by atoms with Gasteiger partial charge in [0.1, 0.15) is 5.38 Å². The molecule has 1 amide bonds. The Morgan fingerprint density at radius 3 is 2.71 bits per heavy atom. The van der Waals surface area contributed by atoms with E-state index in [0.717, 1.165) is 24.8 Å². The zero-order valence-electron chi connectivity index (χ0n) is 9.60. The van der Waals surface area contributed by atoms with Crippen LogP contribution in [0, 0.1) is 0 Å². The van der Waals surface area contributed by atoms with Gasteiger partial charge in [-0.25, -0.2) is 0 Å². The summed E-state index contributed by atoms with van der Waals surface area (Å²) in [6.07, 6.45) is 7.20. The molecule has 17 heavy (non-hydrogen) atoms. The molecule has 2 unspecified atom stereocenters. The molecule has 0 saturated heterocycles. The van der Waals surface area contributed by atoms with E-state index in [2.05, 4.69) is 17.5 Å². The lowest BCUT2D eigenvalue weighted by Crippen LogP contribution is -2.37. The Morgan fingerprint density at radius 1 is 1.29 bits per heavy atom. The number of halogens is 1. The van der Waals surface area contributed by atoms with Gasteiger partial charge in [0.2, 0.25) is 5.91 Å². The lowest BCUT2D eigenvalue weighted by atomic mass is 10.0. The quantitative estimate of drug-likeness (QED) is 0.647. The fraction of sp³-hybridized carbons (Fsp3) is 0.357. The highest BCUT2D eigenvalue weighted by molar-refractivity contribution is 6.30. The minimum Gasteiger partial charge on any atom is -0.351 e. The molecule has 0 aliphatic heterocycles. The summed E-state index contributed by atoms with van der Waals surface area (Å²) in [5, 5.41) is 2.40. The molecule has 0 spiro atoms. The first-order chi connectivity index (χ1) is 8.27. The van der Waals surface area contributed by atoms with Gasteiger partial charge in [0, 0.05) is 6.04 Å². The van der Waals surface area contributed by atoms with Crippen molar-refractivity contribution in [2.24, 2.45) is 0 Å². The van der Waals surface area contributed by atoms with E-state index in [0.29, 0.717) is 0 Å². The van der Waals surface area contributed by atoms with Gasteiger partial charge in [0.15, 0.2) is 0 Å². The van der Waals surface area contributed by atoms with E-state index < -0.39 is 5.38 Å². The van der Waals surface area contributed by atoms with Crippen LogP contribution in [0.2, 0.25) is 0 Å². The Kier molecular flexibility index (Phi) is 4.21. The first kappa shape index (κ1) is 12.2. The minimum atomic E-state index is -0.595. The smallest absolute Gasteiger partial charge is 0.242 e. The zero-order valence-corrected chi connectivity index (χ0v) is 10.4. The number of hydrogen-bond acceptors (Lipinski definition) is 1. The van der Waals surface area contributed by atoms with Gasteiger partial charge in [-0.3, -0.25) is 4.79 Å². The molecule has 1 aliphatic rings. The third-order valence-corrected chi connectivity index (χ3v) is 3.39. The van der Waals surface area contributed by atoms with Crippen LogP contribution in [0.5, 0.6) is 0 Å². The summed E-state index contributed by atoms with van der Waals surface area (Å²) in [4.78, 5) is 11.9. The molecule has 0 aromatic heterocycles. The van der Waals surface area contributed by atoms with E-state index in [4.69, 9.17) is 11.6 Å². The first-order valence-electron chi connectivity index (χ1n) is 5.92. The fourth-order valence-corrected chi connectivity index (χ4v) is 2.18. The summed E-state index contributed by atoms with van der Waals surface area (Å²) >= 11 is 6.15. The van der Waals surface area contributed by atoms with Gasteiger partial charge in [0.25, 0.3) is 0 Å². The van der Waals surface area contributed by atoms with Gasteiger partial charge in [-0.1, -0.05) is 42.5 Å². The molecule has 90 valence electrons.